The zero-order valence-electron chi connectivity index (χ0n) is 16.5. The molecular weight excluding hydrogens is 338 g/mol. The standard InChI is InChI=1S/C22H27N3O2/c1-15(2)22(26)23-14-21-24-18-7-5-6-8-19(18)25(21)11-12-27-20-13-16(3)9-10-17(20)4/h5-10,13,15H,11-12,14H2,1-4H3,(H,23,26). The Hall–Kier alpha value is -2.82. The van der Waals surface area contributed by atoms with E-state index in [1.165, 1.54) is 5.56 Å². The van der Waals surface area contributed by atoms with Gasteiger partial charge in [0.2, 0.25) is 5.91 Å². The number of ether oxygens (including phenoxy) is 1. The van der Waals surface area contributed by atoms with Crippen molar-refractivity contribution in [3.63, 3.8) is 0 Å². The van der Waals surface area contributed by atoms with Gasteiger partial charge in [-0.2, -0.15) is 0 Å². The number of nitrogens with one attached hydrogen (secondary N) is 1. The fourth-order valence-corrected chi connectivity index (χ4v) is 2.99. The third kappa shape index (κ3) is 4.48. The summed E-state index contributed by atoms with van der Waals surface area (Å²) in [6.45, 7) is 9.50. The molecular formula is C22H27N3O2. The maximum atomic E-state index is 11.9. The third-order valence-corrected chi connectivity index (χ3v) is 4.59. The van der Waals surface area contributed by atoms with E-state index in [0.29, 0.717) is 19.7 Å². The summed E-state index contributed by atoms with van der Waals surface area (Å²) in [7, 11) is 0. The highest BCUT2D eigenvalue weighted by molar-refractivity contribution is 5.78. The van der Waals surface area contributed by atoms with Gasteiger partial charge in [0.25, 0.3) is 0 Å². The molecule has 142 valence electrons. The van der Waals surface area contributed by atoms with Crippen LogP contribution >= 0.6 is 0 Å². The molecule has 0 radical (unpaired) electrons. The number of carbonyl (C=O) groups excluding carboxylic acids is 1. The van der Waals surface area contributed by atoms with E-state index in [-0.39, 0.29) is 11.8 Å². The number of benzene rings is 2. The molecule has 27 heavy (non-hydrogen) atoms. The summed E-state index contributed by atoms with van der Waals surface area (Å²) in [5, 5.41) is 2.96. The average molecular weight is 365 g/mol. The van der Waals surface area contributed by atoms with Crippen LogP contribution in [0.5, 0.6) is 5.75 Å². The average Bonchev–Trinajstić information content (AvgIpc) is 3.00. The van der Waals surface area contributed by atoms with Crippen LogP contribution in [0.2, 0.25) is 0 Å². The Morgan fingerprint density at radius 1 is 1.19 bits per heavy atom. The largest absolute Gasteiger partial charge is 0.491 e. The molecule has 0 saturated carbocycles. The predicted molar refractivity (Wildman–Crippen MR) is 108 cm³/mol. The van der Waals surface area contributed by atoms with Crippen LogP contribution in [0.4, 0.5) is 0 Å². The molecule has 0 spiro atoms. The van der Waals surface area contributed by atoms with Crippen LogP contribution in [-0.4, -0.2) is 22.1 Å². The van der Waals surface area contributed by atoms with E-state index in [0.717, 1.165) is 28.2 Å². The molecule has 3 aromatic rings. The number of nitrogens with zero attached hydrogens (tertiary/aromatic N) is 2. The fourth-order valence-electron chi connectivity index (χ4n) is 2.99. The van der Waals surface area contributed by atoms with Crippen LogP contribution in [0.3, 0.4) is 0 Å². The number of para-hydroxylation sites is 2. The molecule has 0 aliphatic heterocycles. The minimum Gasteiger partial charge on any atom is -0.491 e. The topological polar surface area (TPSA) is 56.1 Å². The van der Waals surface area contributed by atoms with Crippen molar-refractivity contribution in [1.82, 2.24) is 14.9 Å². The molecule has 0 bridgehead atoms. The number of imidazole rings is 1. The number of carbonyl (C=O) groups is 1. The first-order chi connectivity index (χ1) is 13.0. The number of aryl methyl sites for hydroxylation is 2. The summed E-state index contributed by atoms with van der Waals surface area (Å²) in [4.78, 5) is 16.6. The van der Waals surface area contributed by atoms with Gasteiger partial charge in [0.15, 0.2) is 0 Å². The second kappa shape index (κ2) is 8.25. The number of aromatic nitrogens is 2. The van der Waals surface area contributed by atoms with Crippen molar-refractivity contribution in [2.45, 2.75) is 40.8 Å². The first kappa shape index (κ1) is 19.0. The normalized spacial score (nSPS) is 11.1. The second-order valence-corrected chi connectivity index (χ2v) is 7.16. The smallest absolute Gasteiger partial charge is 0.222 e. The summed E-state index contributed by atoms with van der Waals surface area (Å²) < 4.78 is 8.15. The van der Waals surface area contributed by atoms with Crippen molar-refractivity contribution in [3.05, 3.63) is 59.4 Å². The molecule has 2 aromatic carbocycles. The Bertz CT molecular complexity index is 944. The summed E-state index contributed by atoms with van der Waals surface area (Å²) in [5.41, 5.74) is 4.29. The van der Waals surface area contributed by atoms with Gasteiger partial charge >= 0.3 is 0 Å². The van der Waals surface area contributed by atoms with E-state index in [1.807, 2.05) is 45.0 Å². The van der Waals surface area contributed by atoms with Crippen molar-refractivity contribution in [2.24, 2.45) is 5.92 Å². The van der Waals surface area contributed by atoms with Gasteiger partial charge in [-0.1, -0.05) is 38.1 Å². The molecule has 0 aliphatic carbocycles. The Balaban J connectivity index is 1.76. The first-order valence-corrected chi connectivity index (χ1v) is 9.37. The minimum atomic E-state index is -0.0459. The summed E-state index contributed by atoms with van der Waals surface area (Å²) >= 11 is 0. The molecule has 1 amide bonds. The van der Waals surface area contributed by atoms with Crippen LogP contribution in [0.15, 0.2) is 42.5 Å². The Morgan fingerprint density at radius 2 is 1.96 bits per heavy atom. The van der Waals surface area contributed by atoms with Gasteiger partial charge < -0.3 is 14.6 Å². The molecule has 1 N–H and O–H groups in total. The van der Waals surface area contributed by atoms with Crippen molar-refractivity contribution in [1.29, 1.82) is 0 Å². The van der Waals surface area contributed by atoms with Gasteiger partial charge in [-0.3, -0.25) is 4.79 Å². The maximum Gasteiger partial charge on any atom is 0.222 e. The SMILES string of the molecule is Cc1ccc(C)c(OCCn2c(CNC(=O)C(C)C)nc3ccccc32)c1. The number of fused-ring (bicyclic) bond motifs is 1. The quantitative estimate of drug-likeness (QED) is 0.688. The summed E-state index contributed by atoms with van der Waals surface area (Å²) in [6, 6.07) is 14.2. The fraction of sp³-hybridized carbons (Fsp3) is 0.364. The van der Waals surface area contributed by atoms with Crippen LogP contribution in [-0.2, 0) is 17.9 Å². The van der Waals surface area contributed by atoms with E-state index < -0.39 is 0 Å². The van der Waals surface area contributed by atoms with Crippen LogP contribution < -0.4 is 10.1 Å². The van der Waals surface area contributed by atoms with Gasteiger partial charge in [0.1, 0.15) is 18.2 Å². The molecule has 0 aliphatic rings. The van der Waals surface area contributed by atoms with E-state index in [4.69, 9.17) is 9.72 Å². The zero-order valence-corrected chi connectivity index (χ0v) is 16.5. The Labute approximate surface area is 160 Å². The first-order valence-electron chi connectivity index (χ1n) is 9.37. The van der Waals surface area contributed by atoms with Crippen molar-refractivity contribution in [2.75, 3.05) is 6.61 Å². The third-order valence-electron chi connectivity index (χ3n) is 4.59. The number of hydrogen-bond donors (Lipinski definition) is 1. The van der Waals surface area contributed by atoms with E-state index in [1.54, 1.807) is 0 Å². The summed E-state index contributed by atoms with van der Waals surface area (Å²) in [6.07, 6.45) is 0. The van der Waals surface area contributed by atoms with E-state index >= 15 is 0 Å². The predicted octanol–water partition coefficient (Wildman–Crippen LogP) is 4.00. The van der Waals surface area contributed by atoms with Crippen molar-refractivity contribution in [3.8, 4) is 5.75 Å². The maximum absolute atomic E-state index is 11.9. The molecule has 0 saturated heterocycles. The van der Waals surface area contributed by atoms with Gasteiger partial charge in [-0.05, 0) is 43.2 Å². The lowest BCUT2D eigenvalue weighted by Gasteiger charge is -2.13. The monoisotopic (exact) mass is 365 g/mol. The number of hydrogen-bond acceptors (Lipinski definition) is 3. The molecule has 0 unspecified atom stereocenters. The Kier molecular flexibility index (Phi) is 5.79. The molecule has 3 rings (SSSR count). The molecule has 0 atom stereocenters. The van der Waals surface area contributed by atoms with E-state index in [9.17, 15) is 4.79 Å². The molecule has 5 heteroatoms. The lowest BCUT2D eigenvalue weighted by Crippen LogP contribution is -2.28. The van der Waals surface area contributed by atoms with Crippen LogP contribution in [0.1, 0.15) is 30.8 Å². The summed E-state index contributed by atoms with van der Waals surface area (Å²) in [5.74, 6) is 1.74. The van der Waals surface area contributed by atoms with E-state index in [2.05, 4.69) is 35.0 Å². The van der Waals surface area contributed by atoms with Gasteiger partial charge in [-0.15, -0.1) is 0 Å². The molecule has 1 heterocycles. The van der Waals surface area contributed by atoms with Gasteiger partial charge in [0.05, 0.1) is 24.1 Å². The minimum absolute atomic E-state index is 0.0280. The number of rotatable bonds is 7. The van der Waals surface area contributed by atoms with Crippen molar-refractivity contribution < 1.29 is 9.53 Å². The van der Waals surface area contributed by atoms with Crippen molar-refractivity contribution >= 4 is 16.9 Å². The molecule has 0 fully saturated rings. The van der Waals surface area contributed by atoms with Crippen LogP contribution in [0.25, 0.3) is 11.0 Å². The van der Waals surface area contributed by atoms with Gasteiger partial charge in [0, 0.05) is 5.92 Å². The van der Waals surface area contributed by atoms with Gasteiger partial charge in [-0.25, -0.2) is 4.98 Å². The van der Waals surface area contributed by atoms with Crippen LogP contribution in [0, 0.1) is 19.8 Å². The lowest BCUT2D eigenvalue weighted by atomic mass is 10.1. The highest BCUT2D eigenvalue weighted by Gasteiger charge is 2.13. The Morgan fingerprint density at radius 3 is 2.74 bits per heavy atom. The highest BCUT2D eigenvalue weighted by Crippen LogP contribution is 2.20. The lowest BCUT2D eigenvalue weighted by molar-refractivity contribution is -0.124. The molecule has 1 aromatic heterocycles. The molecule has 5 nitrogen and oxygen atoms in total. The zero-order chi connectivity index (χ0) is 19.4. The highest BCUT2D eigenvalue weighted by atomic mass is 16.5. The second-order valence-electron chi connectivity index (χ2n) is 7.16. The number of amides is 1.